The molecule has 39 heavy (non-hydrogen) atoms. The summed E-state index contributed by atoms with van der Waals surface area (Å²) in [5.74, 6) is -1.83. The lowest BCUT2D eigenvalue weighted by molar-refractivity contribution is -0.147. The van der Waals surface area contributed by atoms with E-state index in [1.807, 2.05) is 13.8 Å². The van der Waals surface area contributed by atoms with Crippen molar-refractivity contribution in [2.24, 2.45) is 7.05 Å². The van der Waals surface area contributed by atoms with Crippen LogP contribution in [0.2, 0.25) is 0 Å². The maximum absolute atomic E-state index is 13.5. The van der Waals surface area contributed by atoms with E-state index in [0.29, 0.717) is 16.7 Å². The Bertz CT molecular complexity index is 1540. The van der Waals surface area contributed by atoms with Gasteiger partial charge in [0, 0.05) is 25.0 Å². The topological polar surface area (TPSA) is 97.0 Å². The lowest BCUT2D eigenvalue weighted by atomic mass is 10.0. The fraction of sp³-hybridized carbons (Fsp3) is 0.370. The monoisotopic (exact) mass is 546 g/mol. The van der Waals surface area contributed by atoms with Gasteiger partial charge in [0.1, 0.15) is 5.57 Å². The summed E-state index contributed by atoms with van der Waals surface area (Å²) in [6.07, 6.45) is -5.13. The van der Waals surface area contributed by atoms with E-state index in [9.17, 15) is 32.7 Å². The second kappa shape index (κ2) is 10.3. The van der Waals surface area contributed by atoms with E-state index in [2.05, 4.69) is 0 Å². The number of ether oxygens (including phenoxy) is 1. The van der Waals surface area contributed by atoms with Crippen molar-refractivity contribution in [1.82, 2.24) is 14.0 Å². The van der Waals surface area contributed by atoms with Crippen molar-refractivity contribution >= 4 is 28.6 Å². The molecule has 9 nitrogen and oxygen atoms in total. The third-order valence-electron chi connectivity index (χ3n) is 6.76. The van der Waals surface area contributed by atoms with Crippen LogP contribution >= 0.6 is 0 Å². The van der Waals surface area contributed by atoms with Crippen LogP contribution in [0.15, 0.2) is 53.0 Å². The molecule has 0 aliphatic carbocycles. The second-order valence-electron chi connectivity index (χ2n) is 9.52. The molecular formula is C27H29F3N4O5. The molecule has 0 fully saturated rings. The molecular weight excluding hydrogens is 517 g/mol. The Labute approximate surface area is 222 Å². The van der Waals surface area contributed by atoms with E-state index in [0.717, 1.165) is 17.2 Å². The molecule has 2 aromatic carbocycles. The predicted molar refractivity (Wildman–Crippen MR) is 137 cm³/mol. The number of hydrogen-bond acceptors (Lipinski definition) is 6. The van der Waals surface area contributed by atoms with Crippen LogP contribution in [0.25, 0.3) is 11.0 Å². The zero-order valence-corrected chi connectivity index (χ0v) is 22.1. The molecule has 12 heteroatoms. The normalized spacial score (nSPS) is 16.3. The Morgan fingerprint density at radius 3 is 2.44 bits per heavy atom. The Hall–Kier alpha value is -4.06. The van der Waals surface area contributed by atoms with Gasteiger partial charge in [-0.1, -0.05) is 12.1 Å². The van der Waals surface area contributed by atoms with Crippen LogP contribution < -0.4 is 10.6 Å². The van der Waals surface area contributed by atoms with E-state index in [4.69, 9.17) is 4.74 Å². The van der Waals surface area contributed by atoms with Gasteiger partial charge in [-0.2, -0.15) is 13.2 Å². The van der Waals surface area contributed by atoms with E-state index in [1.54, 1.807) is 36.7 Å². The van der Waals surface area contributed by atoms with Crippen molar-refractivity contribution in [2.45, 2.75) is 52.8 Å². The molecule has 0 bridgehead atoms. The molecule has 1 aliphatic rings. The van der Waals surface area contributed by atoms with Crippen LogP contribution in [0, 0.1) is 6.92 Å². The highest BCUT2D eigenvalue weighted by molar-refractivity contribution is 6.17. The number of aliphatic hydroxyl groups excluding tert-OH is 1. The first-order chi connectivity index (χ1) is 18.3. The summed E-state index contributed by atoms with van der Waals surface area (Å²) in [6.45, 7) is 6.12. The van der Waals surface area contributed by atoms with Gasteiger partial charge in [0.15, 0.2) is 0 Å². The third kappa shape index (κ3) is 4.91. The van der Waals surface area contributed by atoms with Gasteiger partial charge in [0.05, 0.1) is 29.7 Å². The maximum Gasteiger partial charge on any atom is 0.416 e. The van der Waals surface area contributed by atoms with Crippen molar-refractivity contribution in [1.29, 1.82) is 0 Å². The highest BCUT2D eigenvalue weighted by atomic mass is 19.4. The van der Waals surface area contributed by atoms with Crippen LogP contribution in [0.3, 0.4) is 0 Å². The first-order valence-corrected chi connectivity index (χ1v) is 12.3. The number of aryl methyl sites for hydroxylation is 1. The van der Waals surface area contributed by atoms with Gasteiger partial charge < -0.3 is 14.7 Å². The minimum atomic E-state index is -4.61. The summed E-state index contributed by atoms with van der Waals surface area (Å²) in [6, 6.07) is 8.33. The SMILES string of the molecule is CCOC(=O)C1=CN(c2ccc3c(c2)n(C(C)C)c(=O)n3C)C(O)N(Cc2cccc(C(F)(F)F)c2C)C1=O. The standard InChI is InChI=1S/C27H29F3N4O5/c1-6-39-24(36)19-14-32(18-10-11-21-22(12-18)34(15(2)3)25(37)31(21)5)26(38)33(23(19)35)13-17-8-7-9-20(16(17)4)27(28,29)30/h7-12,14-15,26,38H,6,13H2,1-5H3. The molecule has 1 N–H and O–H groups in total. The summed E-state index contributed by atoms with van der Waals surface area (Å²) >= 11 is 0. The Morgan fingerprint density at radius 1 is 1.13 bits per heavy atom. The summed E-state index contributed by atoms with van der Waals surface area (Å²) in [4.78, 5) is 41.0. The number of anilines is 1. The summed E-state index contributed by atoms with van der Waals surface area (Å²) < 4.78 is 48.6. The summed E-state index contributed by atoms with van der Waals surface area (Å²) in [5, 5.41) is 11.3. The Balaban J connectivity index is 1.84. The third-order valence-corrected chi connectivity index (χ3v) is 6.76. The van der Waals surface area contributed by atoms with Crippen molar-refractivity contribution < 1.29 is 32.6 Å². The fourth-order valence-corrected chi connectivity index (χ4v) is 4.74. The number of aliphatic hydroxyl groups is 1. The van der Waals surface area contributed by atoms with E-state index in [-0.39, 0.29) is 29.5 Å². The van der Waals surface area contributed by atoms with E-state index in [1.165, 1.54) is 28.5 Å². The van der Waals surface area contributed by atoms with Crippen LogP contribution in [-0.4, -0.2) is 44.0 Å². The van der Waals surface area contributed by atoms with Crippen LogP contribution in [0.5, 0.6) is 0 Å². The number of aromatic nitrogens is 2. The average Bonchev–Trinajstić information content (AvgIpc) is 3.11. The molecule has 208 valence electrons. The molecule has 2 heterocycles. The number of imidazole rings is 1. The smallest absolute Gasteiger partial charge is 0.416 e. The van der Waals surface area contributed by atoms with Crippen LogP contribution in [0.1, 0.15) is 43.5 Å². The Morgan fingerprint density at radius 2 is 1.82 bits per heavy atom. The lowest BCUT2D eigenvalue weighted by Gasteiger charge is -2.39. The number of carbonyl (C=O) groups is 2. The zero-order chi connectivity index (χ0) is 28.8. The molecule has 4 rings (SSSR count). The largest absolute Gasteiger partial charge is 0.462 e. The number of benzene rings is 2. The quantitative estimate of drug-likeness (QED) is 0.373. The highest BCUT2D eigenvalue weighted by Crippen LogP contribution is 2.35. The first kappa shape index (κ1) is 28.0. The van der Waals surface area contributed by atoms with E-state index >= 15 is 0 Å². The van der Waals surface area contributed by atoms with Gasteiger partial charge in [0.25, 0.3) is 5.91 Å². The van der Waals surface area contributed by atoms with Crippen molar-refractivity contribution in [3.05, 3.63) is 75.3 Å². The summed E-state index contributed by atoms with van der Waals surface area (Å²) in [7, 11) is 1.63. The molecule has 1 amide bonds. The number of rotatable bonds is 6. The molecule has 1 aliphatic heterocycles. The van der Waals surface area contributed by atoms with Gasteiger partial charge in [0.2, 0.25) is 6.35 Å². The van der Waals surface area contributed by atoms with Gasteiger partial charge in [-0.25, -0.2) is 9.59 Å². The average molecular weight is 547 g/mol. The number of nitrogens with zero attached hydrogens (tertiary/aromatic N) is 4. The molecule has 1 unspecified atom stereocenters. The number of fused-ring (bicyclic) bond motifs is 1. The number of hydrogen-bond donors (Lipinski definition) is 1. The maximum atomic E-state index is 13.5. The molecule has 0 spiro atoms. The molecule has 1 aromatic heterocycles. The van der Waals surface area contributed by atoms with Crippen LogP contribution in [-0.2, 0) is 34.1 Å². The number of amides is 1. The van der Waals surface area contributed by atoms with Gasteiger partial charge >= 0.3 is 17.8 Å². The van der Waals surface area contributed by atoms with Gasteiger partial charge in [-0.3, -0.25) is 18.8 Å². The van der Waals surface area contributed by atoms with Gasteiger partial charge in [-0.05, 0) is 63.1 Å². The highest BCUT2D eigenvalue weighted by Gasteiger charge is 2.39. The van der Waals surface area contributed by atoms with Crippen LogP contribution in [0.4, 0.5) is 18.9 Å². The number of esters is 1. The number of halogens is 3. The molecule has 0 saturated heterocycles. The molecule has 1 atom stereocenters. The minimum absolute atomic E-state index is 0.0185. The molecule has 3 aromatic rings. The zero-order valence-electron chi connectivity index (χ0n) is 22.1. The first-order valence-electron chi connectivity index (χ1n) is 12.3. The minimum Gasteiger partial charge on any atom is -0.462 e. The summed E-state index contributed by atoms with van der Waals surface area (Å²) in [5.41, 5.74) is 0.0757. The second-order valence-corrected chi connectivity index (χ2v) is 9.52. The molecule has 0 radical (unpaired) electrons. The Kier molecular flexibility index (Phi) is 7.35. The van der Waals surface area contributed by atoms with Crippen molar-refractivity contribution in [2.75, 3.05) is 11.5 Å². The fourth-order valence-electron chi connectivity index (χ4n) is 4.74. The van der Waals surface area contributed by atoms with E-state index < -0.39 is 42.1 Å². The molecule has 0 saturated carbocycles. The van der Waals surface area contributed by atoms with Crippen molar-refractivity contribution in [3.63, 3.8) is 0 Å². The number of carbonyl (C=O) groups excluding carboxylic acids is 2. The number of alkyl halides is 3. The predicted octanol–water partition coefficient (Wildman–Crippen LogP) is 3.82. The van der Waals surface area contributed by atoms with Gasteiger partial charge in [-0.15, -0.1) is 0 Å². The van der Waals surface area contributed by atoms with Crippen molar-refractivity contribution in [3.8, 4) is 0 Å². The lowest BCUT2D eigenvalue weighted by Crippen LogP contribution is -2.54.